The van der Waals surface area contributed by atoms with Crippen molar-refractivity contribution >= 4 is 28.1 Å². The van der Waals surface area contributed by atoms with E-state index in [4.69, 9.17) is 16.2 Å². The summed E-state index contributed by atoms with van der Waals surface area (Å²) in [7, 11) is 0. The zero-order valence-electron chi connectivity index (χ0n) is 9.61. The highest BCUT2D eigenvalue weighted by molar-refractivity contribution is 9.10. The van der Waals surface area contributed by atoms with E-state index in [0.717, 1.165) is 22.2 Å². The van der Waals surface area contributed by atoms with E-state index >= 15 is 0 Å². The summed E-state index contributed by atoms with van der Waals surface area (Å²) in [5.74, 6) is 0.764. The van der Waals surface area contributed by atoms with Crippen LogP contribution in [-0.4, -0.2) is 18.8 Å². The second kappa shape index (κ2) is 6.90. The summed E-state index contributed by atoms with van der Waals surface area (Å²) < 4.78 is 6.55. The summed E-state index contributed by atoms with van der Waals surface area (Å²) in [6.45, 7) is 2.73. The first-order valence-electron chi connectivity index (χ1n) is 5.23. The van der Waals surface area contributed by atoms with Crippen molar-refractivity contribution in [2.75, 3.05) is 6.61 Å². The Hall–Kier alpha value is -1.56. The van der Waals surface area contributed by atoms with Gasteiger partial charge in [0.25, 0.3) is 5.96 Å². The molecule has 0 fully saturated rings. The lowest BCUT2D eigenvalue weighted by Gasteiger charge is -2.06. The highest BCUT2D eigenvalue weighted by Crippen LogP contribution is 2.21. The molecule has 0 radical (unpaired) electrons. The molecule has 0 amide bonds. The molecule has 1 aromatic carbocycles. The van der Waals surface area contributed by atoms with Crippen LogP contribution in [-0.2, 0) is 0 Å². The molecule has 17 heavy (non-hydrogen) atoms. The third kappa shape index (κ3) is 4.86. The molecule has 5 N–H and O–H groups in total. The Kier molecular flexibility index (Phi) is 5.48. The van der Waals surface area contributed by atoms with Crippen molar-refractivity contribution in [1.29, 1.82) is 0 Å². The molecule has 0 atom stereocenters. The van der Waals surface area contributed by atoms with Crippen molar-refractivity contribution in [2.45, 2.75) is 13.3 Å². The first-order chi connectivity index (χ1) is 8.13. The topological polar surface area (TPSA) is 87.6 Å². The van der Waals surface area contributed by atoms with Crippen molar-refractivity contribution in [2.24, 2.45) is 16.6 Å². The monoisotopic (exact) mass is 299 g/mol. The summed E-state index contributed by atoms with van der Waals surface area (Å²) in [5, 5.41) is 6.32. The zero-order valence-corrected chi connectivity index (χ0v) is 11.2. The normalized spacial score (nSPS) is 10.5. The molecule has 6 heteroatoms. The van der Waals surface area contributed by atoms with E-state index < -0.39 is 0 Å². The van der Waals surface area contributed by atoms with Gasteiger partial charge in [-0.05, 0) is 24.6 Å². The zero-order chi connectivity index (χ0) is 12.7. The number of nitrogens with zero attached hydrogens (tertiary/aromatic N) is 1. The number of hydrogen-bond acceptors (Lipinski definition) is 2. The fourth-order valence-corrected chi connectivity index (χ4v) is 1.53. The predicted molar refractivity (Wildman–Crippen MR) is 71.9 cm³/mol. The Bertz CT molecular complexity index is 427. The molecule has 0 bridgehead atoms. The quantitative estimate of drug-likeness (QED) is 0.404. The van der Waals surface area contributed by atoms with Crippen molar-refractivity contribution in [3.63, 3.8) is 0 Å². The maximum Gasteiger partial charge on any atom is 0.256 e. The van der Waals surface area contributed by atoms with Gasteiger partial charge in [0.2, 0.25) is 6.21 Å². The number of ether oxygens (including phenoxy) is 1. The molecular weight excluding hydrogens is 284 g/mol. The maximum absolute atomic E-state index is 5.60. The minimum Gasteiger partial charge on any atom is -0.493 e. The van der Waals surface area contributed by atoms with Crippen LogP contribution < -0.4 is 21.3 Å². The summed E-state index contributed by atoms with van der Waals surface area (Å²) in [6.07, 6.45) is 2.63. The molecule has 0 saturated carbocycles. The first-order valence-corrected chi connectivity index (χ1v) is 6.02. The highest BCUT2D eigenvalue weighted by Gasteiger charge is 2.04. The van der Waals surface area contributed by atoms with Gasteiger partial charge in [0.15, 0.2) is 0 Å². The third-order valence-electron chi connectivity index (χ3n) is 1.85. The Morgan fingerprint density at radius 2 is 2.29 bits per heavy atom. The minimum atomic E-state index is -0.0210. The molecule has 0 spiro atoms. The second-order valence-electron chi connectivity index (χ2n) is 3.34. The largest absolute Gasteiger partial charge is 0.493 e. The molecule has 0 saturated heterocycles. The average Bonchev–Trinajstić information content (AvgIpc) is 2.27. The van der Waals surface area contributed by atoms with Gasteiger partial charge in [0.1, 0.15) is 5.75 Å². The van der Waals surface area contributed by atoms with Gasteiger partial charge in [-0.2, -0.15) is 0 Å². The molecule has 1 aromatic rings. The van der Waals surface area contributed by atoms with Crippen molar-refractivity contribution in [1.82, 2.24) is 0 Å². The van der Waals surface area contributed by atoms with Crippen LogP contribution in [0.25, 0.3) is 0 Å². The van der Waals surface area contributed by atoms with Gasteiger partial charge < -0.3 is 16.2 Å². The molecule has 0 heterocycles. The smallest absolute Gasteiger partial charge is 0.256 e. The number of hydrazone groups is 1. The lowest BCUT2D eigenvalue weighted by Crippen LogP contribution is -2.63. The van der Waals surface area contributed by atoms with E-state index in [1.807, 2.05) is 18.2 Å². The van der Waals surface area contributed by atoms with E-state index in [-0.39, 0.29) is 5.96 Å². The number of benzene rings is 1. The van der Waals surface area contributed by atoms with Crippen molar-refractivity contribution in [3.8, 4) is 5.75 Å². The van der Waals surface area contributed by atoms with Gasteiger partial charge in [-0.15, -0.1) is 5.10 Å². The fraction of sp³-hybridized carbons (Fsp3) is 0.273. The van der Waals surface area contributed by atoms with Gasteiger partial charge >= 0.3 is 0 Å². The summed E-state index contributed by atoms with van der Waals surface area (Å²) >= 11 is 3.40. The standard InChI is InChI=1S/C11H15BrN4O/c1-2-5-17-10-4-3-9(12)6-8(10)7-15-16-11(13)14/h3-4,6-7H,2,5H2,1H3,(H4,13,14,16)/p+1/b15-7-. The number of hydrogen-bond donors (Lipinski definition) is 3. The second-order valence-corrected chi connectivity index (χ2v) is 4.26. The van der Waals surface area contributed by atoms with E-state index in [9.17, 15) is 0 Å². The molecule has 0 aliphatic rings. The van der Waals surface area contributed by atoms with E-state index in [2.05, 4.69) is 33.1 Å². The minimum absolute atomic E-state index is 0.0210. The molecular formula is C11H16BrN4O+. The Balaban J connectivity index is 2.90. The number of nitrogens with one attached hydrogen (secondary N) is 1. The third-order valence-corrected chi connectivity index (χ3v) is 2.34. The van der Waals surface area contributed by atoms with E-state index in [0.29, 0.717) is 6.61 Å². The lowest BCUT2D eigenvalue weighted by atomic mass is 10.2. The van der Waals surface area contributed by atoms with Gasteiger partial charge in [0, 0.05) is 9.57 Å². The van der Waals surface area contributed by atoms with Crippen molar-refractivity contribution < 1.29 is 9.84 Å². The summed E-state index contributed by atoms with van der Waals surface area (Å²) in [4.78, 5) is 0. The average molecular weight is 300 g/mol. The number of halogens is 1. The highest BCUT2D eigenvalue weighted by atomic mass is 79.9. The molecule has 92 valence electrons. The van der Waals surface area contributed by atoms with E-state index in [1.165, 1.54) is 0 Å². The first kappa shape index (κ1) is 13.5. The van der Waals surface area contributed by atoms with Crippen LogP contribution in [0, 0.1) is 0 Å². The molecule has 0 aliphatic heterocycles. The predicted octanol–water partition coefficient (Wildman–Crippen LogP) is -0.0742. The fourth-order valence-electron chi connectivity index (χ4n) is 1.15. The lowest BCUT2D eigenvalue weighted by molar-refractivity contribution is -0.456. The van der Waals surface area contributed by atoms with Gasteiger partial charge in [-0.25, -0.2) is 0 Å². The summed E-state index contributed by atoms with van der Waals surface area (Å²) in [6, 6.07) is 5.73. The van der Waals surface area contributed by atoms with Crippen LogP contribution in [0.1, 0.15) is 18.9 Å². The number of guanidine groups is 1. The van der Waals surface area contributed by atoms with Crippen LogP contribution in [0.4, 0.5) is 0 Å². The van der Waals surface area contributed by atoms with Crippen LogP contribution >= 0.6 is 15.9 Å². The number of rotatable bonds is 5. The van der Waals surface area contributed by atoms with Gasteiger partial charge in [-0.1, -0.05) is 22.9 Å². The molecule has 5 nitrogen and oxygen atoms in total. The SMILES string of the molecule is CCCOc1ccc(Br)cc1/C=[NH+]\N=C(N)N. The Morgan fingerprint density at radius 3 is 2.94 bits per heavy atom. The number of nitrogens with two attached hydrogens (primary N) is 2. The Morgan fingerprint density at radius 1 is 1.53 bits per heavy atom. The summed E-state index contributed by atoms with van der Waals surface area (Å²) in [5.41, 5.74) is 11.3. The Labute approximate surface area is 109 Å². The van der Waals surface area contributed by atoms with Gasteiger partial charge in [-0.3, -0.25) is 0 Å². The molecule has 0 aliphatic carbocycles. The van der Waals surface area contributed by atoms with Crippen LogP contribution in [0.3, 0.4) is 0 Å². The molecule has 1 rings (SSSR count). The maximum atomic E-state index is 5.60. The van der Waals surface area contributed by atoms with Gasteiger partial charge in [0.05, 0.1) is 12.2 Å². The van der Waals surface area contributed by atoms with Crippen LogP contribution in [0.5, 0.6) is 5.75 Å². The molecule has 0 unspecified atom stereocenters. The van der Waals surface area contributed by atoms with Crippen LogP contribution in [0.15, 0.2) is 27.8 Å². The van der Waals surface area contributed by atoms with Crippen LogP contribution in [0.2, 0.25) is 0 Å². The molecule has 0 aromatic heterocycles. The van der Waals surface area contributed by atoms with Crippen molar-refractivity contribution in [3.05, 3.63) is 28.2 Å². The van der Waals surface area contributed by atoms with E-state index in [1.54, 1.807) is 6.21 Å².